The molecule has 0 atom stereocenters. The number of carbonyl (C=O) groups excluding carboxylic acids is 3. The van der Waals surface area contributed by atoms with Crippen LogP contribution in [0.25, 0.3) is 6.08 Å². The number of amides is 3. The summed E-state index contributed by atoms with van der Waals surface area (Å²) in [5.41, 5.74) is 1.41. The van der Waals surface area contributed by atoms with E-state index in [9.17, 15) is 19.6 Å². The van der Waals surface area contributed by atoms with Crippen LogP contribution in [0.2, 0.25) is 0 Å². The molecule has 3 heterocycles. The van der Waals surface area contributed by atoms with Gasteiger partial charge in [-0.3, -0.25) is 14.6 Å². The van der Waals surface area contributed by atoms with Crippen LogP contribution in [-0.4, -0.2) is 46.5 Å². The van der Waals surface area contributed by atoms with Gasteiger partial charge in [-0.15, -0.1) is 11.3 Å². The molecule has 1 aliphatic rings. The van der Waals surface area contributed by atoms with Gasteiger partial charge in [0.2, 0.25) is 11.8 Å². The Labute approximate surface area is 196 Å². The van der Waals surface area contributed by atoms with E-state index < -0.39 is 11.7 Å². The molecule has 0 spiro atoms. The normalized spacial score (nSPS) is 13.2. The van der Waals surface area contributed by atoms with Gasteiger partial charge in [-0.1, -0.05) is 6.07 Å². The van der Waals surface area contributed by atoms with Gasteiger partial charge in [-0.05, 0) is 50.5 Å². The van der Waals surface area contributed by atoms with Crippen molar-refractivity contribution in [3.05, 3.63) is 52.2 Å². The minimum Gasteiger partial charge on any atom is -0.444 e. The van der Waals surface area contributed by atoms with Gasteiger partial charge < -0.3 is 20.3 Å². The first-order valence-electron chi connectivity index (χ1n) is 10.3. The molecule has 3 amide bonds. The predicted molar refractivity (Wildman–Crippen MR) is 124 cm³/mol. The standard InChI is InChI=1S/C23H25N5O4S/c1-23(2,3)32-22(31)26-13-20(30)28-10-8-16-17(11-24)21(33-18(16)14-28)27-19(29)7-6-15-5-4-9-25-12-15/h4-7,9,12H,8,10,13-14H2,1-3H3,(H,26,31)(H,27,29)/b7-6+. The Kier molecular flexibility index (Phi) is 7.45. The zero-order chi connectivity index (χ0) is 24.0. The zero-order valence-electron chi connectivity index (χ0n) is 18.7. The van der Waals surface area contributed by atoms with Crippen molar-refractivity contribution >= 4 is 40.3 Å². The summed E-state index contributed by atoms with van der Waals surface area (Å²) in [6.07, 6.45) is 6.15. The number of nitrogens with zero attached hydrogens (tertiary/aromatic N) is 3. The summed E-state index contributed by atoms with van der Waals surface area (Å²) in [5.74, 6) is -0.605. The Morgan fingerprint density at radius 2 is 2.15 bits per heavy atom. The summed E-state index contributed by atoms with van der Waals surface area (Å²) in [5, 5.41) is 15.3. The summed E-state index contributed by atoms with van der Waals surface area (Å²) in [4.78, 5) is 43.1. The van der Waals surface area contributed by atoms with Crippen molar-refractivity contribution in [2.75, 3.05) is 18.4 Å². The van der Waals surface area contributed by atoms with Gasteiger partial charge in [0.1, 0.15) is 23.2 Å². The Morgan fingerprint density at radius 3 is 2.82 bits per heavy atom. The lowest BCUT2D eigenvalue weighted by atomic mass is 10.0. The second-order valence-electron chi connectivity index (χ2n) is 8.35. The Balaban J connectivity index is 1.62. The van der Waals surface area contributed by atoms with Crippen LogP contribution >= 0.6 is 11.3 Å². The number of ether oxygens (including phenoxy) is 1. The lowest BCUT2D eigenvalue weighted by molar-refractivity contribution is -0.131. The van der Waals surface area contributed by atoms with Crippen LogP contribution in [-0.2, 0) is 27.3 Å². The summed E-state index contributed by atoms with van der Waals surface area (Å²) >= 11 is 1.28. The van der Waals surface area contributed by atoms with Crippen LogP contribution in [0.4, 0.5) is 9.80 Å². The molecule has 2 N–H and O–H groups in total. The minimum atomic E-state index is -0.652. The number of nitrogens with one attached hydrogen (secondary N) is 2. The van der Waals surface area contributed by atoms with Crippen LogP contribution in [0.3, 0.4) is 0 Å². The summed E-state index contributed by atoms with van der Waals surface area (Å²) in [6.45, 7) is 5.79. The first kappa shape index (κ1) is 23.9. The fourth-order valence-corrected chi connectivity index (χ4v) is 4.41. The van der Waals surface area contributed by atoms with E-state index in [1.807, 2.05) is 6.07 Å². The molecular weight excluding hydrogens is 442 g/mol. The van der Waals surface area contributed by atoms with Crippen molar-refractivity contribution in [1.82, 2.24) is 15.2 Å². The number of fused-ring (bicyclic) bond motifs is 1. The first-order valence-corrected chi connectivity index (χ1v) is 11.2. The van der Waals surface area contributed by atoms with E-state index in [0.29, 0.717) is 30.1 Å². The number of carbonyl (C=O) groups is 3. The largest absolute Gasteiger partial charge is 0.444 e. The molecule has 2 aromatic heterocycles. The number of alkyl carbamates (subject to hydrolysis) is 1. The average molecular weight is 468 g/mol. The quantitative estimate of drug-likeness (QED) is 0.651. The van der Waals surface area contributed by atoms with Crippen molar-refractivity contribution in [2.45, 2.75) is 39.3 Å². The lowest BCUT2D eigenvalue weighted by Gasteiger charge is -2.27. The summed E-state index contributed by atoms with van der Waals surface area (Å²) in [7, 11) is 0. The molecule has 0 saturated carbocycles. The van der Waals surface area contributed by atoms with E-state index in [1.54, 1.807) is 50.2 Å². The van der Waals surface area contributed by atoms with Crippen LogP contribution in [0.1, 0.15) is 42.3 Å². The third-order valence-electron chi connectivity index (χ3n) is 4.65. The van der Waals surface area contributed by atoms with Gasteiger partial charge in [0, 0.05) is 29.9 Å². The van der Waals surface area contributed by atoms with E-state index in [1.165, 1.54) is 17.4 Å². The first-order chi connectivity index (χ1) is 15.7. The van der Waals surface area contributed by atoms with Gasteiger partial charge in [0.25, 0.3) is 0 Å². The van der Waals surface area contributed by atoms with Crippen molar-refractivity contribution in [1.29, 1.82) is 5.26 Å². The topological polar surface area (TPSA) is 124 Å². The smallest absolute Gasteiger partial charge is 0.408 e. The monoisotopic (exact) mass is 467 g/mol. The van der Waals surface area contributed by atoms with E-state index in [0.717, 1.165) is 16.0 Å². The highest BCUT2D eigenvalue weighted by atomic mass is 32.1. The molecule has 10 heteroatoms. The number of hydrogen-bond acceptors (Lipinski definition) is 7. The predicted octanol–water partition coefficient (Wildman–Crippen LogP) is 3.08. The molecule has 172 valence electrons. The summed E-state index contributed by atoms with van der Waals surface area (Å²) in [6, 6.07) is 5.77. The lowest BCUT2D eigenvalue weighted by Crippen LogP contribution is -2.43. The third kappa shape index (κ3) is 6.63. The molecule has 0 fully saturated rings. The molecule has 33 heavy (non-hydrogen) atoms. The Hall–Kier alpha value is -3.71. The van der Waals surface area contributed by atoms with Gasteiger partial charge in [-0.25, -0.2) is 4.79 Å². The van der Waals surface area contributed by atoms with Gasteiger partial charge >= 0.3 is 6.09 Å². The molecule has 0 unspecified atom stereocenters. The maximum atomic E-state index is 12.5. The van der Waals surface area contributed by atoms with Crippen molar-refractivity contribution < 1.29 is 19.1 Å². The molecule has 0 radical (unpaired) electrons. The average Bonchev–Trinajstić information content (AvgIpc) is 3.11. The highest BCUT2D eigenvalue weighted by molar-refractivity contribution is 7.16. The van der Waals surface area contributed by atoms with Crippen LogP contribution in [0.15, 0.2) is 30.6 Å². The maximum Gasteiger partial charge on any atom is 0.408 e. The maximum absolute atomic E-state index is 12.5. The zero-order valence-corrected chi connectivity index (χ0v) is 19.5. The van der Waals surface area contributed by atoms with Crippen molar-refractivity contribution in [2.24, 2.45) is 0 Å². The number of nitriles is 1. The van der Waals surface area contributed by atoms with E-state index >= 15 is 0 Å². The van der Waals surface area contributed by atoms with Gasteiger partial charge in [0.15, 0.2) is 0 Å². The van der Waals surface area contributed by atoms with E-state index in [2.05, 4.69) is 21.7 Å². The SMILES string of the molecule is CC(C)(C)OC(=O)NCC(=O)N1CCc2c(sc(NC(=O)/C=C/c3cccnc3)c2C#N)C1. The summed E-state index contributed by atoms with van der Waals surface area (Å²) < 4.78 is 5.15. The third-order valence-corrected chi connectivity index (χ3v) is 5.78. The number of anilines is 1. The molecular formula is C23H25N5O4S. The van der Waals surface area contributed by atoms with Crippen molar-refractivity contribution in [3.8, 4) is 6.07 Å². The molecule has 2 aromatic rings. The second-order valence-corrected chi connectivity index (χ2v) is 9.45. The van der Waals surface area contributed by atoms with Crippen LogP contribution in [0.5, 0.6) is 0 Å². The number of aromatic nitrogens is 1. The van der Waals surface area contributed by atoms with Gasteiger partial charge in [-0.2, -0.15) is 5.26 Å². The fraction of sp³-hybridized carbons (Fsp3) is 0.348. The second kappa shape index (κ2) is 10.3. The fourth-order valence-electron chi connectivity index (χ4n) is 3.20. The number of thiophene rings is 1. The van der Waals surface area contributed by atoms with Crippen molar-refractivity contribution in [3.63, 3.8) is 0 Å². The molecule has 0 bridgehead atoms. The molecule has 3 rings (SSSR count). The van der Waals surface area contributed by atoms with E-state index in [4.69, 9.17) is 4.74 Å². The minimum absolute atomic E-state index is 0.177. The highest BCUT2D eigenvalue weighted by Gasteiger charge is 2.28. The molecule has 1 aliphatic heterocycles. The molecule has 9 nitrogen and oxygen atoms in total. The number of rotatable bonds is 5. The molecule has 0 aromatic carbocycles. The number of pyridine rings is 1. The van der Waals surface area contributed by atoms with Crippen LogP contribution < -0.4 is 10.6 Å². The highest BCUT2D eigenvalue weighted by Crippen LogP contribution is 2.36. The van der Waals surface area contributed by atoms with Gasteiger partial charge in [0.05, 0.1) is 12.1 Å². The Bertz CT molecular complexity index is 1110. The Morgan fingerprint density at radius 1 is 1.36 bits per heavy atom. The molecule has 0 aliphatic carbocycles. The number of hydrogen-bond donors (Lipinski definition) is 2. The molecule has 0 saturated heterocycles. The van der Waals surface area contributed by atoms with E-state index in [-0.39, 0.29) is 18.4 Å². The van der Waals surface area contributed by atoms with Crippen LogP contribution in [0, 0.1) is 11.3 Å².